The van der Waals surface area contributed by atoms with Gasteiger partial charge in [0.05, 0.1) is 0 Å². The van der Waals surface area contributed by atoms with E-state index in [1.54, 1.807) is 0 Å². The molecular weight excluding hydrogens is 164 g/mol. The molecule has 1 radical (unpaired) electrons. The van der Waals surface area contributed by atoms with Crippen molar-refractivity contribution in [1.29, 1.82) is 0 Å². The molecule has 0 saturated heterocycles. The highest BCUT2D eigenvalue weighted by Gasteiger charge is 2.08. The minimum absolute atomic E-state index is 0.281. The van der Waals surface area contributed by atoms with Crippen LogP contribution in [0.1, 0.15) is 23.6 Å². The number of aryl methyl sites for hydroxylation is 2. The highest BCUT2D eigenvalue weighted by molar-refractivity contribution is 5.70. The Kier molecular flexibility index (Phi) is 2.71. The molecule has 2 nitrogen and oxygen atoms in total. The van der Waals surface area contributed by atoms with Crippen LogP contribution in [0.5, 0.6) is 5.75 Å². The monoisotopic (exact) mass is 177 g/mol. The fourth-order valence-electron chi connectivity index (χ4n) is 1.16. The maximum atomic E-state index is 10.8. The Bertz CT molecular complexity index is 340. The SMILES string of the molecule is CC(=O)Oc1c(C)c[c]c(C)c1C. The lowest BCUT2D eigenvalue weighted by atomic mass is 10.1. The van der Waals surface area contributed by atoms with Crippen molar-refractivity contribution in [3.63, 3.8) is 0 Å². The summed E-state index contributed by atoms with van der Waals surface area (Å²) in [6.07, 6.45) is 0. The maximum Gasteiger partial charge on any atom is 0.308 e. The second-order valence-corrected chi connectivity index (χ2v) is 3.14. The lowest BCUT2D eigenvalue weighted by Crippen LogP contribution is -2.05. The Morgan fingerprint density at radius 3 is 2.54 bits per heavy atom. The molecule has 0 saturated carbocycles. The average molecular weight is 177 g/mol. The number of hydrogen-bond donors (Lipinski definition) is 0. The molecule has 2 heteroatoms. The number of esters is 1. The van der Waals surface area contributed by atoms with Gasteiger partial charge >= 0.3 is 5.97 Å². The van der Waals surface area contributed by atoms with Crippen LogP contribution in [0.25, 0.3) is 0 Å². The first-order valence-corrected chi connectivity index (χ1v) is 4.19. The third-order valence-electron chi connectivity index (χ3n) is 2.01. The molecule has 0 aliphatic rings. The molecule has 0 N–H and O–H groups in total. The van der Waals surface area contributed by atoms with E-state index >= 15 is 0 Å². The first-order valence-electron chi connectivity index (χ1n) is 4.19. The van der Waals surface area contributed by atoms with Crippen LogP contribution in [-0.2, 0) is 4.79 Å². The van der Waals surface area contributed by atoms with Crippen LogP contribution in [-0.4, -0.2) is 5.97 Å². The van der Waals surface area contributed by atoms with E-state index in [4.69, 9.17) is 4.74 Å². The summed E-state index contributed by atoms with van der Waals surface area (Å²) in [4.78, 5) is 10.8. The Hall–Kier alpha value is -1.31. The van der Waals surface area contributed by atoms with Crippen LogP contribution in [0, 0.1) is 26.8 Å². The number of benzene rings is 1. The Morgan fingerprint density at radius 2 is 2.00 bits per heavy atom. The van der Waals surface area contributed by atoms with E-state index in [0.717, 1.165) is 16.7 Å². The fraction of sp³-hybridized carbons (Fsp3) is 0.364. The summed E-state index contributed by atoms with van der Waals surface area (Å²) in [5.74, 6) is 0.389. The van der Waals surface area contributed by atoms with Crippen molar-refractivity contribution >= 4 is 5.97 Å². The van der Waals surface area contributed by atoms with Gasteiger partial charge in [0.1, 0.15) is 5.75 Å². The Labute approximate surface area is 78.5 Å². The number of rotatable bonds is 1. The van der Waals surface area contributed by atoms with Gasteiger partial charge < -0.3 is 4.74 Å². The van der Waals surface area contributed by atoms with Crippen molar-refractivity contribution in [2.24, 2.45) is 0 Å². The number of hydrogen-bond acceptors (Lipinski definition) is 2. The summed E-state index contributed by atoms with van der Waals surface area (Å²) in [7, 11) is 0. The van der Waals surface area contributed by atoms with Gasteiger partial charge in [0.15, 0.2) is 0 Å². The molecule has 0 aromatic heterocycles. The van der Waals surface area contributed by atoms with Crippen LogP contribution >= 0.6 is 0 Å². The Balaban J connectivity index is 3.17. The summed E-state index contributed by atoms with van der Waals surface area (Å²) in [5, 5.41) is 0. The van der Waals surface area contributed by atoms with Crippen LogP contribution < -0.4 is 4.74 Å². The molecule has 0 atom stereocenters. The number of carbonyl (C=O) groups is 1. The van der Waals surface area contributed by atoms with Gasteiger partial charge in [-0.15, -0.1) is 0 Å². The van der Waals surface area contributed by atoms with Crippen LogP contribution in [0.3, 0.4) is 0 Å². The van der Waals surface area contributed by atoms with Gasteiger partial charge in [-0.3, -0.25) is 4.79 Å². The topological polar surface area (TPSA) is 26.3 Å². The van der Waals surface area contributed by atoms with E-state index in [9.17, 15) is 4.79 Å². The minimum atomic E-state index is -0.281. The van der Waals surface area contributed by atoms with Gasteiger partial charge in [0.2, 0.25) is 0 Å². The van der Waals surface area contributed by atoms with Crippen LogP contribution in [0.2, 0.25) is 0 Å². The third-order valence-corrected chi connectivity index (χ3v) is 2.01. The molecule has 0 aliphatic carbocycles. The van der Waals surface area contributed by atoms with E-state index in [-0.39, 0.29) is 5.97 Å². The van der Waals surface area contributed by atoms with E-state index in [0.29, 0.717) is 5.75 Å². The quantitative estimate of drug-likeness (QED) is 0.486. The maximum absolute atomic E-state index is 10.8. The summed E-state index contributed by atoms with van der Waals surface area (Å²) >= 11 is 0. The molecule has 0 spiro atoms. The summed E-state index contributed by atoms with van der Waals surface area (Å²) in [6, 6.07) is 4.92. The highest BCUT2D eigenvalue weighted by Crippen LogP contribution is 2.25. The number of ether oxygens (including phenoxy) is 1. The third kappa shape index (κ3) is 2.08. The smallest absolute Gasteiger partial charge is 0.308 e. The van der Waals surface area contributed by atoms with Gasteiger partial charge in [0, 0.05) is 6.92 Å². The average Bonchev–Trinajstić information content (AvgIpc) is 2.05. The zero-order valence-electron chi connectivity index (χ0n) is 8.39. The zero-order chi connectivity index (χ0) is 10.0. The largest absolute Gasteiger partial charge is 0.426 e. The first-order chi connectivity index (χ1) is 6.02. The minimum Gasteiger partial charge on any atom is -0.426 e. The molecule has 0 fully saturated rings. The lowest BCUT2D eigenvalue weighted by molar-refractivity contribution is -0.131. The normalized spacial score (nSPS) is 9.85. The highest BCUT2D eigenvalue weighted by atomic mass is 16.5. The van der Waals surface area contributed by atoms with Crippen molar-refractivity contribution in [3.05, 3.63) is 28.8 Å². The zero-order valence-corrected chi connectivity index (χ0v) is 8.39. The molecule has 0 unspecified atom stereocenters. The standard InChI is InChI=1S/C11H13O2/c1-7-5-6-8(2)11(9(7)3)13-10(4)12/h6H,1-4H3. The van der Waals surface area contributed by atoms with Gasteiger partial charge in [-0.2, -0.15) is 0 Å². The van der Waals surface area contributed by atoms with Crippen LogP contribution in [0.15, 0.2) is 6.07 Å². The fourth-order valence-corrected chi connectivity index (χ4v) is 1.16. The van der Waals surface area contributed by atoms with Crippen molar-refractivity contribution in [3.8, 4) is 5.75 Å². The Morgan fingerprint density at radius 1 is 1.38 bits per heavy atom. The van der Waals surface area contributed by atoms with Crippen molar-refractivity contribution < 1.29 is 9.53 Å². The predicted molar refractivity (Wildman–Crippen MR) is 50.8 cm³/mol. The molecule has 1 aromatic rings. The number of carbonyl (C=O) groups excluding carboxylic acids is 1. The second-order valence-electron chi connectivity index (χ2n) is 3.14. The van der Waals surface area contributed by atoms with Crippen molar-refractivity contribution in [2.45, 2.75) is 27.7 Å². The molecule has 69 valence electrons. The summed E-state index contributed by atoms with van der Waals surface area (Å²) in [6.45, 7) is 7.19. The summed E-state index contributed by atoms with van der Waals surface area (Å²) in [5.41, 5.74) is 2.94. The molecule has 0 amide bonds. The summed E-state index contributed by atoms with van der Waals surface area (Å²) < 4.78 is 5.10. The van der Waals surface area contributed by atoms with Crippen molar-refractivity contribution in [1.82, 2.24) is 0 Å². The predicted octanol–water partition coefficient (Wildman–Crippen LogP) is 2.34. The van der Waals surface area contributed by atoms with E-state index < -0.39 is 0 Å². The molecule has 13 heavy (non-hydrogen) atoms. The van der Waals surface area contributed by atoms with E-state index in [1.807, 2.05) is 26.8 Å². The lowest BCUT2D eigenvalue weighted by Gasteiger charge is -2.10. The van der Waals surface area contributed by atoms with E-state index in [2.05, 4.69) is 6.07 Å². The van der Waals surface area contributed by atoms with Gasteiger partial charge in [-0.25, -0.2) is 0 Å². The molecule has 1 aromatic carbocycles. The van der Waals surface area contributed by atoms with Gasteiger partial charge in [-0.05, 0) is 49.6 Å². The van der Waals surface area contributed by atoms with Crippen molar-refractivity contribution in [2.75, 3.05) is 0 Å². The molecule has 1 rings (SSSR count). The molecule has 0 bridgehead atoms. The first kappa shape index (κ1) is 9.78. The van der Waals surface area contributed by atoms with Gasteiger partial charge in [0.25, 0.3) is 0 Å². The second kappa shape index (κ2) is 3.60. The van der Waals surface area contributed by atoms with E-state index in [1.165, 1.54) is 6.92 Å². The van der Waals surface area contributed by atoms with Crippen LogP contribution in [0.4, 0.5) is 0 Å². The molecule has 0 aliphatic heterocycles. The molecule has 0 heterocycles. The molecular formula is C11H13O2. The van der Waals surface area contributed by atoms with Gasteiger partial charge in [-0.1, -0.05) is 0 Å².